The minimum atomic E-state index is 0.185. The Morgan fingerprint density at radius 2 is 1.48 bits per heavy atom. The zero-order valence-corrected chi connectivity index (χ0v) is 28.5. The second-order valence-electron chi connectivity index (χ2n) is 10.5. The van der Waals surface area contributed by atoms with Crippen LogP contribution in [0.1, 0.15) is 76.8 Å². The van der Waals surface area contributed by atoms with E-state index in [0.717, 1.165) is 28.6 Å². The van der Waals surface area contributed by atoms with Gasteiger partial charge in [-0.05, 0) is 51.7 Å². The number of allylic oxidation sites excluding steroid dienone is 7. The molecule has 0 amide bonds. The number of aromatic nitrogens is 2. The summed E-state index contributed by atoms with van der Waals surface area (Å²) in [6.07, 6.45) is 17.7. The molecule has 238 valence electrons. The van der Waals surface area contributed by atoms with Crippen molar-refractivity contribution < 1.29 is 8.83 Å². The number of rotatable bonds is 8. The monoisotopic (exact) mass is 612 g/mol. The van der Waals surface area contributed by atoms with Gasteiger partial charge in [-0.2, -0.15) is 0 Å². The summed E-state index contributed by atoms with van der Waals surface area (Å²) < 4.78 is 11.5. The summed E-state index contributed by atoms with van der Waals surface area (Å²) in [6, 6.07) is 24.4. The van der Waals surface area contributed by atoms with E-state index in [0.29, 0.717) is 28.9 Å². The Labute approximate surface area is 276 Å². The number of aryl methyl sites for hydroxylation is 1. The molecule has 0 bridgehead atoms. The van der Waals surface area contributed by atoms with E-state index in [9.17, 15) is 0 Å². The van der Waals surface area contributed by atoms with E-state index >= 15 is 0 Å². The zero-order valence-electron chi connectivity index (χ0n) is 28.5. The first-order valence-electron chi connectivity index (χ1n) is 15.7. The van der Waals surface area contributed by atoms with E-state index in [1.54, 1.807) is 6.08 Å². The molecule has 0 aliphatic heterocycles. The highest BCUT2D eigenvalue weighted by Gasteiger charge is 2.12. The number of fused-ring (bicyclic) bond motifs is 2. The largest absolute Gasteiger partial charge is 0.437 e. The summed E-state index contributed by atoms with van der Waals surface area (Å²) >= 11 is 0. The van der Waals surface area contributed by atoms with Gasteiger partial charge in [-0.15, -0.1) is 13.0 Å². The molecule has 2 aromatic heterocycles. The van der Waals surface area contributed by atoms with Crippen molar-refractivity contribution >= 4 is 33.8 Å². The van der Waals surface area contributed by atoms with Crippen LogP contribution < -0.4 is 0 Å². The maximum atomic E-state index is 5.84. The molecule has 2 atom stereocenters. The summed E-state index contributed by atoms with van der Waals surface area (Å²) in [4.78, 5) is 8.93. The fourth-order valence-electron chi connectivity index (χ4n) is 4.21. The fourth-order valence-corrected chi connectivity index (χ4v) is 4.21. The molecule has 5 rings (SSSR count). The lowest BCUT2D eigenvalue weighted by atomic mass is 9.91. The fraction of sp³-hybridized carbons (Fsp3) is 0.238. The molecule has 0 aliphatic rings. The summed E-state index contributed by atoms with van der Waals surface area (Å²) in [5, 5.41) is 0. The van der Waals surface area contributed by atoms with Crippen molar-refractivity contribution in [1.82, 2.24) is 9.97 Å². The van der Waals surface area contributed by atoms with Crippen molar-refractivity contribution in [2.45, 2.75) is 60.8 Å². The van der Waals surface area contributed by atoms with Gasteiger partial charge in [0.2, 0.25) is 11.8 Å². The molecule has 46 heavy (non-hydrogen) atoms. The van der Waals surface area contributed by atoms with Crippen molar-refractivity contribution in [2.75, 3.05) is 0 Å². The summed E-state index contributed by atoms with van der Waals surface area (Å²) in [5.74, 6) is 4.59. The van der Waals surface area contributed by atoms with Gasteiger partial charge in [0.05, 0.1) is 0 Å². The molecule has 3 aromatic carbocycles. The van der Waals surface area contributed by atoms with E-state index in [-0.39, 0.29) is 5.92 Å². The molecule has 0 saturated carbocycles. The van der Waals surface area contributed by atoms with Crippen molar-refractivity contribution in [2.24, 2.45) is 5.92 Å². The molecule has 0 radical (unpaired) electrons. The molecule has 2 heterocycles. The Kier molecular flexibility index (Phi) is 16.1. The van der Waals surface area contributed by atoms with Crippen LogP contribution in [0.15, 0.2) is 131 Å². The summed E-state index contributed by atoms with van der Waals surface area (Å²) in [6.45, 7) is 21.6. The van der Waals surface area contributed by atoms with E-state index < -0.39 is 0 Å². The normalized spacial score (nSPS) is 12.5. The van der Waals surface area contributed by atoms with Crippen LogP contribution in [0.2, 0.25) is 0 Å². The van der Waals surface area contributed by atoms with Crippen LogP contribution >= 0.6 is 0 Å². The Hall–Kier alpha value is -5.14. The number of hydrogen-bond acceptors (Lipinski definition) is 4. The SMILES string of the molecule is C#CC(C=C)CC(C)c1ccccc1.C=C/C(C)=C\C=C(/C)c1nc2cc3oc(/C=C/C)nc3cc2o1.CC.Cc1ccccc1. The molecule has 5 aromatic rings. The third kappa shape index (κ3) is 11.7. The Balaban J connectivity index is 0.000000271. The van der Waals surface area contributed by atoms with Gasteiger partial charge < -0.3 is 8.83 Å². The predicted molar refractivity (Wildman–Crippen MR) is 198 cm³/mol. The third-order valence-corrected chi connectivity index (χ3v) is 6.89. The molecule has 0 fully saturated rings. The van der Waals surface area contributed by atoms with E-state index in [4.69, 9.17) is 15.3 Å². The second kappa shape index (κ2) is 20.0. The van der Waals surface area contributed by atoms with Gasteiger partial charge in [0.25, 0.3) is 0 Å². The van der Waals surface area contributed by atoms with Gasteiger partial charge in [-0.25, -0.2) is 9.97 Å². The van der Waals surface area contributed by atoms with Crippen LogP contribution in [0.25, 0.3) is 33.8 Å². The van der Waals surface area contributed by atoms with Crippen LogP contribution in [0.4, 0.5) is 0 Å². The van der Waals surface area contributed by atoms with Crippen LogP contribution in [-0.2, 0) is 0 Å². The highest BCUT2D eigenvalue weighted by molar-refractivity contribution is 5.90. The molecule has 0 N–H and O–H groups in total. The zero-order chi connectivity index (χ0) is 33.9. The second-order valence-corrected chi connectivity index (χ2v) is 10.5. The van der Waals surface area contributed by atoms with Crippen molar-refractivity contribution in [3.05, 3.63) is 145 Å². The van der Waals surface area contributed by atoms with Crippen LogP contribution in [0.5, 0.6) is 0 Å². The molecule has 0 aliphatic carbocycles. The molecule has 4 nitrogen and oxygen atoms in total. The summed E-state index contributed by atoms with van der Waals surface area (Å²) in [5.41, 5.74) is 7.61. The lowest BCUT2D eigenvalue weighted by molar-refractivity contribution is 0.584. The average Bonchev–Trinajstić information content (AvgIpc) is 3.69. The first-order valence-corrected chi connectivity index (χ1v) is 15.7. The first kappa shape index (κ1) is 37.0. The third-order valence-electron chi connectivity index (χ3n) is 6.89. The molecular formula is C42H48N2O2. The topological polar surface area (TPSA) is 52.1 Å². The Morgan fingerprint density at radius 1 is 0.891 bits per heavy atom. The van der Waals surface area contributed by atoms with Crippen molar-refractivity contribution in [1.29, 1.82) is 0 Å². The van der Waals surface area contributed by atoms with Gasteiger partial charge in [0, 0.05) is 23.6 Å². The van der Waals surface area contributed by atoms with Crippen molar-refractivity contribution in [3.8, 4) is 12.3 Å². The first-order chi connectivity index (χ1) is 22.3. The predicted octanol–water partition coefficient (Wildman–Crippen LogP) is 12.2. The number of oxazole rings is 2. The average molecular weight is 613 g/mol. The molecule has 4 heteroatoms. The number of nitrogens with zero attached hydrogens (tertiary/aromatic N) is 2. The van der Waals surface area contributed by atoms with Gasteiger partial charge in [-0.3, -0.25) is 0 Å². The van der Waals surface area contributed by atoms with Gasteiger partial charge in [0.1, 0.15) is 11.0 Å². The smallest absolute Gasteiger partial charge is 0.222 e. The maximum absolute atomic E-state index is 5.84. The number of terminal acetylenes is 1. The minimum absolute atomic E-state index is 0.185. The minimum Gasteiger partial charge on any atom is -0.437 e. The maximum Gasteiger partial charge on any atom is 0.222 e. The molecular weight excluding hydrogens is 564 g/mol. The number of hydrogen-bond donors (Lipinski definition) is 0. The Morgan fingerprint density at radius 3 is 2.00 bits per heavy atom. The number of benzene rings is 3. The molecule has 0 saturated heterocycles. The molecule has 2 unspecified atom stereocenters. The molecule has 0 spiro atoms. The van der Waals surface area contributed by atoms with Crippen LogP contribution in [0, 0.1) is 25.2 Å². The van der Waals surface area contributed by atoms with E-state index in [2.05, 4.69) is 79.3 Å². The van der Waals surface area contributed by atoms with Gasteiger partial charge >= 0.3 is 0 Å². The summed E-state index contributed by atoms with van der Waals surface area (Å²) in [7, 11) is 0. The lowest BCUT2D eigenvalue weighted by Crippen LogP contribution is -2.00. The van der Waals surface area contributed by atoms with Gasteiger partial charge in [-0.1, -0.05) is 135 Å². The van der Waals surface area contributed by atoms with Crippen molar-refractivity contribution in [3.63, 3.8) is 0 Å². The van der Waals surface area contributed by atoms with Crippen LogP contribution in [-0.4, -0.2) is 9.97 Å². The standard InChI is InChI=1S/C19H18N2O2.C14H16.C7H8.C2H6/c1-5-7-18-20-14-10-17-15(11-16(14)22-18)21-19(23-17)13(4)9-8-12(3)6-2;1-4-13(5-2)11-12(3)14-9-7-6-8-10-14;1-7-5-3-2-4-6-7;1-2/h5-11H,2H2,1,3-4H3;1,5-10,12-13H,2,11H2,3H3;2-6H,1H3;1-2H3/b7-5+,12-8-,13-9+;;;. The van der Waals surface area contributed by atoms with Gasteiger partial charge in [0.15, 0.2) is 11.2 Å². The van der Waals surface area contributed by atoms with E-state index in [1.807, 2.05) is 101 Å². The highest BCUT2D eigenvalue weighted by Crippen LogP contribution is 2.27. The Bertz CT molecular complexity index is 1730. The lowest BCUT2D eigenvalue weighted by Gasteiger charge is -2.13. The quantitative estimate of drug-likeness (QED) is 0.0993. The van der Waals surface area contributed by atoms with E-state index in [1.165, 1.54) is 11.1 Å². The van der Waals surface area contributed by atoms with Crippen LogP contribution in [0.3, 0.4) is 0 Å². The highest BCUT2D eigenvalue weighted by atomic mass is 16.4.